The van der Waals surface area contributed by atoms with Gasteiger partial charge in [-0.1, -0.05) is 0 Å². The summed E-state index contributed by atoms with van der Waals surface area (Å²) < 4.78 is 36.5. The number of nitrogens with one attached hydrogen (secondary N) is 1. The van der Waals surface area contributed by atoms with Gasteiger partial charge in [-0.15, -0.1) is 0 Å². The number of halogens is 3. The van der Waals surface area contributed by atoms with Crippen molar-refractivity contribution < 1.29 is 23.1 Å². The van der Waals surface area contributed by atoms with E-state index in [0.29, 0.717) is 0 Å². The molecule has 2 amide bonds. The number of amides is 2. The van der Waals surface area contributed by atoms with Gasteiger partial charge in [0, 0.05) is 6.04 Å². The number of nitrogens with zero attached hydrogens (tertiary/aromatic N) is 1. The zero-order valence-corrected chi connectivity index (χ0v) is 8.43. The molecular formula is C8H13F3N2O2. The molecule has 1 fully saturated rings. The topological polar surface area (TPSA) is 52.6 Å². The number of alkyl halides is 3. The number of urea groups is 1. The summed E-state index contributed by atoms with van der Waals surface area (Å²) in [6, 6.07) is -0.726. The van der Waals surface area contributed by atoms with Crippen molar-refractivity contribution in [3.8, 4) is 0 Å². The van der Waals surface area contributed by atoms with E-state index in [1.54, 1.807) is 13.8 Å². The Morgan fingerprint density at radius 3 is 2.27 bits per heavy atom. The first-order chi connectivity index (χ1) is 6.66. The van der Waals surface area contributed by atoms with Crippen LogP contribution in [-0.4, -0.2) is 46.9 Å². The van der Waals surface area contributed by atoms with Crippen molar-refractivity contribution in [2.45, 2.75) is 31.7 Å². The number of hydrogen-bond donors (Lipinski definition) is 2. The zero-order chi connectivity index (χ0) is 11.9. The summed E-state index contributed by atoms with van der Waals surface area (Å²) in [5, 5.41) is 11.5. The van der Waals surface area contributed by atoms with E-state index >= 15 is 0 Å². The highest BCUT2D eigenvalue weighted by Gasteiger charge is 2.62. The van der Waals surface area contributed by atoms with Crippen LogP contribution < -0.4 is 5.32 Å². The van der Waals surface area contributed by atoms with Crippen LogP contribution in [0, 0.1) is 0 Å². The van der Waals surface area contributed by atoms with Gasteiger partial charge in [0.2, 0.25) is 0 Å². The number of β-amino-alcohol motifs (C(OH)–C–C–N with tert-alkyl or cyclic N) is 1. The molecule has 0 spiro atoms. The number of rotatable bonds is 1. The van der Waals surface area contributed by atoms with Crippen LogP contribution in [-0.2, 0) is 0 Å². The monoisotopic (exact) mass is 226 g/mol. The van der Waals surface area contributed by atoms with Crippen LogP contribution in [0.1, 0.15) is 13.8 Å². The van der Waals surface area contributed by atoms with Crippen molar-refractivity contribution in [1.29, 1.82) is 0 Å². The van der Waals surface area contributed by atoms with Gasteiger partial charge in [-0.2, -0.15) is 13.2 Å². The fourth-order valence-corrected chi connectivity index (χ4v) is 1.25. The number of carbonyl (C=O) groups excluding carboxylic acids is 1. The minimum absolute atomic E-state index is 0.142. The summed E-state index contributed by atoms with van der Waals surface area (Å²) in [5.41, 5.74) is -2.73. The summed E-state index contributed by atoms with van der Waals surface area (Å²) in [4.78, 5) is 12.1. The van der Waals surface area contributed by atoms with Crippen molar-refractivity contribution in [2.75, 3.05) is 13.1 Å². The van der Waals surface area contributed by atoms with E-state index in [2.05, 4.69) is 5.32 Å². The van der Waals surface area contributed by atoms with E-state index in [0.717, 1.165) is 4.90 Å². The first-order valence-electron chi connectivity index (χ1n) is 4.50. The molecule has 0 aromatic heterocycles. The van der Waals surface area contributed by atoms with Gasteiger partial charge >= 0.3 is 12.2 Å². The summed E-state index contributed by atoms with van der Waals surface area (Å²) >= 11 is 0. The van der Waals surface area contributed by atoms with E-state index in [4.69, 9.17) is 5.11 Å². The van der Waals surface area contributed by atoms with Gasteiger partial charge in [0.25, 0.3) is 0 Å². The number of likely N-dealkylation sites (tertiary alicyclic amines) is 1. The smallest absolute Gasteiger partial charge is 0.378 e. The second kappa shape index (κ2) is 3.55. The highest BCUT2D eigenvalue weighted by Crippen LogP contribution is 2.37. The van der Waals surface area contributed by atoms with Gasteiger partial charge in [0.05, 0.1) is 13.1 Å². The normalized spacial score (nSPS) is 20.1. The molecule has 1 aliphatic heterocycles. The second-order valence-electron chi connectivity index (χ2n) is 3.99. The summed E-state index contributed by atoms with van der Waals surface area (Å²) in [6.45, 7) is 2.01. The van der Waals surface area contributed by atoms with Gasteiger partial charge in [-0.25, -0.2) is 4.79 Å². The average Bonchev–Trinajstić information content (AvgIpc) is 1.94. The van der Waals surface area contributed by atoms with Gasteiger partial charge in [-0.3, -0.25) is 0 Å². The minimum Gasteiger partial charge on any atom is -0.378 e. The Balaban J connectivity index is 2.47. The molecule has 1 heterocycles. The third-order valence-corrected chi connectivity index (χ3v) is 2.13. The molecule has 0 aromatic rings. The number of aliphatic hydroxyl groups is 1. The zero-order valence-electron chi connectivity index (χ0n) is 8.43. The SMILES string of the molecule is CC(C)NC(=O)N1CC(O)(C(F)(F)F)C1. The molecule has 0 atom stereocenters. The van der Waals surface area contributed by atoms with Crippen molar-refractivity contribution in [3.63, 3.8) is 0 Å². The van der Waals surface area contributed by atoms with E-state index in [-0.39, 0.29) is 6.04 Å². The van der Waals surface area contributed by atoms with Gasteiger partial charge in [-0.05, 0) is 13.8 Å². The predicted octanol–water partition coefficient (Wildman–Crippen LogP) is 0.713. The lowest BCUT2D eigenvalue weighted by molar-refractivity contribution is -0.294. The van der Waals surface area contributed by atoms with E-state index in [1.807, 2.05) is 0 Å². The van der Waals surface area contributed by atoms with Gasteiger partial charge in [0.15, 0.2) is 5.60 Å². The number of carbonyl (C=O) groups is 1. The standard InChI is InChI=1S/C8H13F3N2O2/c1-5(2)12-6(14)13-3-7(15,4-13)8(9,10)11/h5,15H,3-4H2,1-2H3,(H,12,14). The first kappa shape index (κ1) is 12.1. The Labute approximate surface area is 85.1 Å². The van der Waals surface area contributed by atoms with Crippen molar-refractivity contribution in [3.05, 3.63) is 0 Å². The van der Waals surface area contributed by atoms with Crippen LogP contribution in [0.3, 0.4) is 0 Å². The van der Waals surface area contributed by atoms with Crippen molar-refractivity contribution in [2.24, 2.45) is 0 Å². The highest BCUT2D eigenvalue weighted by atomic mass is 19.4. The predicted molar refractivity (Wildman–Crippen MR) is 46.2 cm³/mol. The maximum Gasteiger partial charge on any atom is 0.420 e. The third kappa shape index (κ3) is 2.34. The van der Waals surface area contributed by atoms with Crippen LogP contribution in [0.4, 0.5) is 18.0 Å². The molecule has 0 saturated carbocycles. The largest absolute Gasteiger partial charge is 0.420 e. The molecule has 7 heteroatoms. The van der Waals surface area contributed by atoms with Crippen LogP contribution in [0.25, 0.3) is 0 Å². The fourth-order valence-electron chi connectivity index (χ4n) is 1.25. The minimum atomic E-state index is -4.68. The molecule has 4 nitrogen and oxygen atoms in total. The molecule has 0 radical (unpaired) electrons. The Kier molecular flexibility index (Phi) is 2.86. The lowest BCUT2D eigenvalue weighted by Gasteiger charge is -2.46. The van der Waals surface area contributed by atoms with Gasteiger partial charge in [0.1, 0.15) is 0 Å². The maximum absolute atomic E-state index is 12.2. The fraction of sp³-hybridized carbons (Fsp3) is 0.875. The molecule has 2 N–H and O–H groups in total. The summed E-state index contributed by atoms with van der Waals surface area (Å²) in [6.07, 6.45) is -4.68. The van der Waals surface area contributed by atoms with Crippen molar-refractivity contribution >= 4 is 6.03 Å². The Morgan fingerprint density at radius 2 is 1.93 bits per heavy atom. The molecule has 0 aliphatic carbocycles. The maximum atomic E-state index is 12.2. The molecular weight excluding hydrogens is 213 g/mol. The summed E-state index contributed by atoms with van der Waals surface area (Å²) in [5.74, 6) is 0. The Bertz CT molecular complexity index is 259. The van der Waals surface area contributed by atoms with E-state index < -0.39 is 30.9 Å². The lowest BCUT2D eigenvalue weighted by Crippen LogP contribution is -2.71. The lowest BCUT2D eigenvalue weighted by atomic mass is 9.94. The third-order valence-electron chi connectivity index (χ3n) is 2.13. The van der Waals surface area contributed by atoms with Crippen LogP contribution in [0.2, 0.25) is 0 Å². The second-order valence-corrected chi connectivity index (χ2v) is 3.99. The van der Waals surface area contributed by atoms with Gasteiger partial charge < -0.3 is 15.3 Å². The molecule has 0 aromatic carbocycles. The van der Waals surface area contributed by atoms with Crippen molar-refractivity contribution in [1.82, 2.24) is 10.2 Å². The van der Waals surface area contributed by atoms with Crippen LogP contribution in [0.5, 0.6) is 0 Å². The highest BCUT2D eigenvalue weighted by molar-refractivity contribution is 5.75. The quantitative estimate of drug-likeness (QED) is 0.692. The molecule has 88 valence electrons. The molecule has 1 saturated heterocycles. The van der Waals surface area contributed by atoms with E-state index in [1.165, 1.54) is 0 Å². The molecule has 1 rings (SSSR count). The molecule has 0 bridgehead atoms. The van der Waals surface area contributed by atoms with E-state index in [9.17, 15) is 18.0 Å². The van der Waals surface area contributed by atoms with Crippen LogP contribution >= 0.6 is 0 Å². The first-order valence-corrected chi connectivity index (χ1v) is 4.50. The Hall–Kier alpha value is -0.980. The average molecular weight is 226 g/mol. The van der Waals surface area contributed by atoms with Crippen LogP contribution in [0.15, 0.2) is 0 Å². The Morgan fingerprint density at radius 1 is 1.47 bits per heavy atom. The number of hydrogen-bond acceptors (Lipinski definition) is 2. The molecule has 0 unspecified atom stereocenters. The molecule has 1 aliphatic rings. The summed E-state index contributed by atoms with van der Waals surface area (Å²) in [7, 11) is 0. The molecule has 15 heavy (non-hydrogen) atoms.